The molecule has 2 aromatic heterocycles. The third kappa shape index (κ3) is 3.29. The van der Waals surface area contributed by atoms with E-state index in [4.69, 9.17) is 24.1 Å². The van der Waals surface area contributed by atoms with Crippen molar-refractivity contribution in [1.29, 1.82) is 10.5 Å². The van der Waals surface area contributed by atoms with Gasteiger partial charge >= 0.3 is 5.97 Å². The van der Waals surface area contributed by atoms with Gasteiger partial charge in [0.1, 0.15) is 35.7 Å². The number of para-hydroxylation sites is 1. The van der Waals surface area contributed by atoms with Gasteiger partial charge in [0, 0.05) is 23.9 Å². The molecule has 0 amide bonds. The molecule has 0 aliphatic carbocycles. The quantitative estimate of drug-likeness (QED) is 0.524. The molecular formula is C19H12N2O4. The van der Waals surface area contributed by atoms with Crippen LogP contribution in [0.2, 0.25) is 0 Å². The van der Waals surface area contributed by atoms with Crippen molar-refractivity contribution in [3.8, 4) is 23.7 Å². The van der Waals surface area contributed by atoms with Crippen molar-refractivity contribution in [2.75, 3.05) is 0 Å². The Balaban J connectivity index is 2.07. The number of esters is 1. The molecule has 0 radical (unpaired) electrons. The predicted octanol–water partition coefficient (Wildman–Crippen LogP) is 4.19. The fourth-order valence-electron chi connectivity index (χ4n) is 2.40. The molecule has 0 saturated carbocycles. The molecule has 0 unspecified atom stereocenters. The van der Waals surface area contributed by atoms with Gasteiger partial charge in [0.2, 0.25) is 0 Å². The van der Waals surface area contributed by atoms with Crippen molar-refractivity contribution in [2.24, 2.45) is 0 Å². The van der Waals surface area contributed by atoms with Crippen LogP contribution in [0, 0.1) is 22.7 Å². The van der Waals surface area contributed by atoms with Crippen LogP contribution in [0.3, 0.4) is 0 Å². The number of ether oxygens (including phenoxy) is 1. The van der Waals surface area contributed by atoms with E-state index in [2.05, 4.69) is 0 Å². The molecule has 6 heteroatoms. The number of nitriles is 2. The zero-order chi connectivity index (χ0) is 17.8. The van der Waals surface area contributed by atoms with Crippen LogP contribution in [-0.4, -0.2) is 5.97 Å². The van der Waals surface area contributed by atoms with Crippen LogP contribution >= 0.6 is 0 Å². The first kappa shape index (κ1) is 16.1. The van der Waals surface area contributed by atoms with Crippen molar-refractivity contribution < 1.29 is 18.4 Å². The molecule has 3 aromatic rings. The van der Waals surface area contributed by atoms with Crippen molar-refractivity contribution >= 4 is 23.0 Å². The highest BCUT2D eigenvalue weighted by atomic mass is 16.5. The maximum atomic E-state index is 11.2. The molecule has 25 heavy (non-hydrogen) atoms. The van der Waals surface area contributed by atoms with Gasteiger partial charge in [0.25, 0.3) is 0 Å². The van der Waals surface area contributed by atoms with Crippen molar-refractivity contribution in [1.82, 2.24) is 0 Å². The van der Waals surface area contributed by atoms with Gasteiger partial charge in [-0.1, -0.05) is 18.2 Å². The van der Waals surface area contributed by atoms with E-state index in [0.29, 0.717) is 28.4 Å². The summed E-state index contributed by atoms with van der Waals surface area (Å²) in [6, 6.07) is 14.2. The van der Waals surface area contributed by atoms with Crippen LogP contribution in [0.4, 0.5) is 0 Å². The average Bonchev–Trinajstić information content (AvgIpc) is 3.22. The first-order valence-corrected chi connectivity index (χ1v) is 7.38. The lowest BCUT2D eigenvalue weighted by atomic mass is 10.1. The molecular weight excluding hydrogens is 320 g/mol. The first-order valence-electron chi connectivity index (χ1n) is 7.38. The summed E-state index contributed by atoms with van der Waals surface area (Å²) in [6.07, 6.45) is 1.35. The van der Waals surface area contributed by atoms with Crippen LogP contribution in [-0.2, 0) is 16.1 Å². The Bertz CT molecular complexity index is 1040. The van der Waals surface area contributed by atoms with E-state index in [1.54, 1.807) is 24.3 Å². The zero-order valence-corrected chi connectivity index (χ0v) is 13.3. The Labute approximate surface area is 143 Å². The number of carbonyl (C=O) groups excluding carboxylic acids is 1. The van der Waals surface area contributed by atoms with Crippen molar-refractivity contribution in [3.63, 3.8) is 0 Å². The van der Waals surface area contributed by atoms with E-state index in [1.165, 1.54) is 13.0 Å². The summed E-state index contributed by atoms with van der Waals surface area (Å²) in [5.41, 5.74) is 1.27. The van der Waals surface area contributed by atoms with Crippen LogP contribution in [0.25, 0.3) is 28.6 Å². The molecule has 0 atom stereocenters. The maximum Gasteiger partial charge on any atom is 0.302 e. The van der Waals surface area contributed by atoms with Gasteiger partial charge in [-0.15, -0.1) is 0 Å². The van der Waals surface area contributed by atoms with Crippen molar-refractivity contribution in [3.05, 3.63) is 53.3 Å². The predicted molar refractivity (Wildman–Crippen MR) is 88.6 cm³/mol. The fourth-order valence-corrected chi connectivity index (χ4v) is 2.40. The molecule has 0 saturated heterocycles. The third-order valence-corrected chi connectivity index (χ3v) is 3.50. The average molecular weight is 332 g/mol. The van der Waals surface area contributed by atoms with E-state index in [1.807, 2.05) is 24.3 Å². The topological polar surface area (TPSA) is 100 Å². The minimum atomic E-state index is -0.396. The summed E-state index contributed by atoms with van der Waals surface area (Å²) in [5.74, 6) is 0.816. The highest BCUT2D eigenvalue weighted by Gasteiger charge is 2.19. The van der Waals surface area contributed by atoms with Gasteiger partial charge in [-0.05, 0) is 18.2 Å². The molecule has 0 fully saturated rings. The molecule has 3 rings (SSSR count). The second-order valence-corrected chi connectivity index (χ2v) is 5.17. The van der Waals surface area contributed by atoms with E-state index in [9.17, 15) is 4.79 Å². The second kappa shape index (κ2) is 6.77. The minimum Gasteiger partial charge on any atom is -0.461 e. The largest absolute Gasteiger partial charge is 0.461 e. The molecule has 6 nitrogen and oxygen atoms in total. The van der Waals surface area contributed by atoms with Crippen LogP contribution in [0.15, 0.2) is 50.8 Å². The SMILES string of the molecule is CC(=O)OCc1c(-c2ccc(C=C(C#N)C#N)o2)oc2ccccc12. The molecule has 0 aliphatic heterocycles. The first-order chi connectivity index (χ1) is 12.1. The molecule has 0 bridgehead atoms. The van der Waals surface area contributed by atoms with Gasteiger partial charge < -0.3 is 13.6 Å². The summed E-state index contributed by atoms with van der Waals surface area (Å²) >= 11 is 0. The van der Waals surface area contributed by atoms with Crippen LogP contribution < -0.4 is 0 Å². The molecule has 1 aromatic carbocycles. The lowest BCUT2D eigenvalue weighted by Gasteiger charge is -2.02. The number of allylic oxidation sites excluding steroid dienone is 1. The maximum absolute atomic E-state index is 11.2. The lowest BCUT2D eigenvalue weighted by molar-refractivity contribution is -0.142. The second-order valence-electron chi connectivity index (χ2n) is 5.17. The standard InChI is InChI=1S/C19H12N2O4/c1-12(22)23-11-16-15-4-2-3-5-17(15)25-19(16)18-7-6-14(24-18)8-13(9-20)10-21/h2-8H,11H2,1H3. The number of carbonyl (C=O) groups is 1. The van der Waals surface area contributed by atoms with Crippen LogP contribution in [0.1, 0.15) is 18.2 Å². The number of hydrogen-bond acceptors (Lipinski definition) is 6. The Hall–Kier alpha value is -3.77. The van der Waals surface area contributed by atoms with E-state index in [-0.39, 0.29) is 12.2 Å². The van der Waals surface area contributed by atoms with Crippen molar-refractivity contribution in [2.45, 2.75) is 13.5 Å². The van der Waals surface area contributed by atoms with E-state index in [0.717, 1.165) is 5.39 Å². The number of fused-ring (bicyclic) bond motifs is 1. The summed E-state index contributed by atoms with van der Waals surface area (Å²) < 4.78 is 16.6. The number of hydrogen-bond donors (Lipinski definition) is 0. The molecule has 2 heterocycles. The number of furan rings is 2. The normalized spacial score (nSPS) is 10.0. The highest BCUT2D eigenvalue weighted by Crippen LogP contribution is 2.35. The Kier molecular flexibility index (Phi) is 4.36. The fraction of sp³-hybridized carbons (Fsp3) is 0.105. The Morgan fingerprint density at radius 3 is 2.64 bits per heavy atom. The molecule has 0 spiro atoms. The highest BCUT2D eigenvalue weighted by molar-refractivity contribution is 5.87. The molecule has 122 valence electrons. The monoisotopic (exact) mass is 332 g/mol. The summed E-state index contributed by atoms with van der Waals surface area (Å²) in [7, 11) is 0. The van der Waals surface area contributed by atoms with Gasteiger partial charge in [-0.2, -0.15) is 10.5 Å². The van der Waals surface area contributed by atoms with Gasteiger partial charge in [0.15, 0.2) is 11.5 Å². The summed E-state index contributed by atoms with van der Waals surface area (Å²) in [5, 5.41) is 18.5. The van der Waals surface area contributed by atoms with Gasteiger partial charge in [-0.25, -0.2) is 0 Å². The lowest BCUT2D eigenvalue weighted by Crippen LogP contribution is -1.99. The summed E-state index contributed by atoms with van der Waals surface area (Å²) in [6.45, 7) is 1.39. The number of benzene rings is 1. The zero-order valence-electron chi connectivity index (χ0n) is 13.3. The molecule has 0 aliphatic rings. The third-order valence-electron chi connectivity index (χ3n) is 3.50. The Morgan fingerprint density at radius 2 is 1.92 bits per heavy atom. The van der Waals surface area contributed by atoms with Crippen LogP contribution in [0.5, 0.6) is 0 Å². The summed E-state index contributed by atoms with van der Waals surface area (Å²) in [4.78, 5) is 11.2. The smallest absolute Gasteiger partial charge is 0.302 e. The number of nitrogens with zero attached hydrogens (tertiary/aromatic N) is 2. The van der Waals surface area contributed by atoms with E-state index >= 15 is 0 Å². The van der Waals surface area contributed by atoms with Gasteiger partial charge in [-0.3, -0.25) is 4.79 Å². The minimum absolute atomic E-state index is 0.0508. The Morgan fingerprint density at radius 1 is 1.16 bits per heavy atom. The van der Waals surface area contributed by atoms with Gasteiger partial charge in [0.05, 0.1) is 0 Å². The number of rotatable bonds is 4. The molecule has 0 N–H and O–H groups in total. The van der Waals surface area contributed by atoms with E-state index < -0.39 is 5.97 Å².